The minimum absolute atomic E-state index is 0.0172. The molecule has 0 saturated carbocycles. The summed E-state index contributed by atoms with van der Waals surface area (Å²) in [5.74, 6) is 0.0205. The Hall–Kier alpha value is -2.53. The van der Waals surface area contributed by atoms with Crippen molar-refractivity contribution < 1.29 is 14.3 Å². The topological polar surface area (TPSA) is 58.6 Å². The van der Waals surface area contributed by atoms with Gasteiger partial charge >= 0.3 is 0 Å². The first-order chi connectivity index (χ1) is 12.3. The van der Waals surface area contributed by atoms with Crippen LogP contribution in [0.4, 0.5) is 11.4 Å². The summed E-state index contributed by atoms with van der Waals surface area (Å²) in [7, 11) is 0. The monoisotopic (exact) mass is 374 g/mol. The molecule has 0 aromatic heterocycles. The molecule has 0 bridgehead atoms. The fourth-order valence-electron chi connectivity index (χ4n) is 2.39. The van der Waals surface area contributed by atoms with Crippen LogP contribution in [-0.4, -0.2) is 24.5 Å². The first kappa shape index (κ1) is 19.8. The number of aryl methyl sites for hydroxylation is 1. The number of hydrogen-bond acceptors (Lipinski definition) is 3. The van der Waals surface area contributed by atoms with Gasteiger partial charge in [-0.15, -0.1) is 0 Å². The number of amides is 2. The van der Waals surface area contributed by atoms with Crippen LogP contribution in [0.1, 0.15) is 26.3 Å². The van der Waals surface area contributed by atoms with Crippen LogP contribution < -0.4 is 15.0 Å². The van der Waals surface area contributed by atoms with E-state index in [4.69, 9.17) is 16.3 Å². The van der Waals surface area contributed by atoms with E-state index in [9.17, 15) is 9.59 Å². The maximum atomic E-state index is 12.5. The number of hydrogen-bond donors (Lipinski definition) is 1. The number of carbonyl (C=O) groups is 2. The second-order valence-electron chi connectivity index (χ2n) is 6.25. The van der Waals surface area contributed by atoms with E-state index in [-0.39, 0.29) is 24.5 Å². The van der Waals surface area contributed by atoms with Crippen LogP contribution in [0.3, 0.4) is 0 Å². The largest absolute Gasteiger partial charge is 0.489 e. The summed E-state index contributed by atoms with van der Waals surface area (Å²) in [6, 6.07) is 12.5. The Morgan fingerprint density at radius 3 is 2.50 bits per heavy atom. The van der Waals surface area contributed by atoms with Crippen molar-refractivity contribution in [1.29, 1.82) is 0 Å². The van der Waals surface area contributed by atoms with Gasteiger partial charge in [-0.25, -0.2) is 0 Å². The molecular formula is C20H23ClN2O3. The molecule has 0 fully saturated rings. The highest BCUT2D eigenvalue weighted by Gasteiger charge is 2.18. The summed E-state index contributed by atoms with van der Waals surface area (Å²) in [5, 5.41) is 3.35. The van der Waals surface area contributed by atoms with Gasteiger partial charge in [-0.1, -0.05) is 29.8 Å². The molecule has 5 nitrogen and oxygen atoms in total. The Balaban J connectivity index is 2.16. The van der Waals surface area contributed by atoms with E-state index in [2.05, 4.69) is 5.32 Å². The Kier molecular flexibility index (Phi) is 6.64. The third-order valence-electron chi connectivity index (χ3n) is 3.67. The average molecular weight is 375 g/mol. The van der Waals surface area contributed by atoms with Crippen LogP contribution in [0.15, 0.2) is 42.5 Å². The number of ether oxygens (including phenoxy) is 1. The standard InChI is InChI=1S/C20H23ClN2O3/c1-13(2)26-19-8-6-5-7-18(19)22-20(25)12-23(15(4)24)16-10-9-14(3)17(21)11-16/h5-11,13H,12H2,1-4H3,(H,22,25). The van der Waals surface area contributed by atoms with Gasteiger partial charge in [0.05, 0.1) is 11.8 Å². The summed E-state index contributed by atoms with van der Waals surface area (Å²) in [6.07, 6.45) is -0.0172. The zero-order valence-electron chi connectivity index (χ0n) is 15.4. The SMILES string of the molecule is CC(=O)N(CC(=O)Nc1ccccc1OC(C)C)c1ccc(C)c(Cl)c1. The molecule has 0 aliphatic rings. The molecule has 0 aliphatic heterocycles. The number of anilines is 2. The Morgan fingerprint density at radius 1 is 1.19 bits per heavy atom. The second kappa shape index (κ2) is 8.72. The van der Waals surface area contributed by atoms with Crippen molar-refractivity contribution in [1.82, 2.24) is 0 Å². The van der Waals surface area contributed by atoms with Gasteiger partial charge in [-0.05, 0) is 50.6 Å². The lowest BCUT2D eigenvalue weighted by molar-refractivity contribution is -0.120. The number of rotatable bonds is 6. The van der Waals surface area contributed by atoms with Gasteiger partial charge < -0.3 is 15.0 Å². The minimum Gasteiger partial charge on any atom is -0.489 e. The highest BCUT2D eigenvalue weighted by Crippen LogP contribution is 2.26. The van der Waals surface area contributed by atoms with Crippen LogP contribution in [0.25, 0.3) is 0 Å². The van der Waals surface area contributed by atoms with Gasteiger partial charge in [0.2, 0.25) is 11.8 Å². The molecule has 26 heavy (non-hydrogen) atoms. The van der Waals surface area contributed by atoms with Crippen molar-refractivity contribution in [3.8, 4) is 5.75 Å². The van der Waals surface area contributed by atoms with Gasteiger partial charge in [0.1, 0.15) is 12.3 Å². The summed E-state index contributed by atoms with van der Waals surface area (Å²) in [6.45, 7) is 7.00. The molecule has 0 spiro atoms. The van der Waals surface area contributed by atoms with E-state index in [0.717, 1.165) is 5.56 Å². The Labute approximate surface area is 158 Å². The van der Waals surface area contributed by atoms with E-state index < -0.39 is 0 Å². The zero-order valence-corrected chi connectivity index (χ0v) is 16.1. The lowest BCUT2D eigenvalue weighted by atomic mass is 10.2. The average Bonchev–Trinajstić information content (AvgIpc) is 2.56. The van der Waals surface area contributed by atoms with Crippen molar-refractivity contribution in [3.63, 3.8) is 0 Å². The lowest BCUT2D eigenvalue weighted by Crippen LogP contribution is -2.36. The number of benzene rings is 2. The number of carbonyl (C=O) groups excluding carboxylic acids is 2. The van der Waals surface area contributed by atoms with Crippen molar-refractivity contribution >= 4 is 34.8 Å². The first-order valence-electron chi connectivity index (χ1n) is 8.37. The maximum Gasteiger partial charge on any atom is 0.244 e. The van der Waals surface area contributed by atoms with Crippen molar-refractivity contribution in [2.24, 2.45) is 0 Å². The Morgan fingerprint density at radius 2 is 1.88 bits per heavy atom. The highest BCUT2D eigenvalue weighted by molar-refractivity contribution is 6.31. The smallest absolute Gasteiger partial charge is 0.244 e. The van der Waals surface area contributed by atoms with Crippen LogP contribution in [0.5, 0.6) is 5.75 Å². The summed E-state index contributed by atoms with van der Waals surface area (Å²) in [4.78, 5) is 25.9. The Bertz CT molecular complexity index is 805. The van der Waals surface area contributed by atoms with Crippen molar-refractivity contribution in [2.75, 3.05) is 16.8 Å². The van der Waals surface area contributed by atoms with Gasteiger partial charge in [0.15, 0.2) is 0 Å². The molecule has 0 heterocycles. The van der Waals surface area contributed by atoms with Crippen molar-refractivity contribution in [3.05, 3.63) is 53.1 Å². The zero-order chi connectivity index (χ0) is 19.3. The molecule has 2 aromatic rings. The van der Waals surface area contributed by atoms with E-state index in [0.29, 0.717) is 22.1 Å². The molecule has 6 heteroatoms. The number of nitrogens with zero attached hydrogens (tertiary/aromatic N) is 1. The fourth-order valence-corrected chi connectivity index (χ4v) is 2.57. The first-order valence-corrected chi connectivity index (χ1v) is 8.75. The minimum atomic E-state index is -0.322. The van der Waals surface area contributed by atoms with Gasteiger partial charge in [0.25, 0.3) is 0 Å². The highest BCUT2D eigenvalue weighted by atomic mass is 35.5. The molecule has 0 atom stereocenters. The van der Waals surface area contributed by atoms with E-state index in [1.165, 1.54) is 11.8 Å². The van der Waals surface area contributed by atoms with Crippen LogP contribution in [0, 0.1) is 6.92 Å². The normalized spacial score (nSPS) is 10.5. The predicted octanol–water partition coefficient (Wildman–Crippen LogP) is 4.43. The van der Waals surface area contributed by atoms with E-state index in [1.807, 2.05) is 39.0 Å². The second-order valence-corrected chi connectivity index (χ2v) is 6.66. The summed E-state index contributed by atoms with van der Waals surface area (Å²) in [5.41, 5.74) is 2.05. The fraction of sp³-hybridized carbons (Fsp3) is 0.300. The molecule has 2 rings (SSSR count). The van der Waals surface area contributed by atoms with Crippen LogP contribution >= 0.6 is 11.6 Å². The van der Waals surface area contributed by atoms with Crippen LogP contribution in [-0.2, 0) is 9.59 Å². The molecule has 0 radical (unpaired) electrons. The molecule has 0 aliphatic carbocycles. The van der Waals surface area contributed by atoms with Gasteiger partial charge in [-0.2, -0.15) is 0 Å². The van der Waals surface area contributed by atoms with Crippen molar-refractivity contribution in [2.45, 2.75) is 33.8 Å². The lowest BCUT2D eigenvalue weighted by Gasteiger charge is -2.22. The van der Waals surface area contributed by atoms with E-state index >= 15 is 0 Å². The number of nitrogens with one attached hydrogen (secondary N) is 1. The molecular weight excluding hydrogens is 352 g/mol. The molecule has 1 N–H and O–H groups in total. The maximum absolute atomic E-state index is 12.5. The molecule has 0 unspecified atom stereocenters. The van der Waals surface area contributed by atoms with Crippen LogP contribution in [0.2, 0.25) is 5.02 Å². The third kappa shape index (κ3) is 5.23. The number of para-hydroxylation sites is 2. The molecule has 2 amide bonds. The summed E-state index contributed by atoms with van der Waals surface area (Å²) < 4.78 is 5.70. The quantitative estimate of drug-likeness (QED) is 0.813. The molecule has 0 saturated heterocycles. The summed E-state index contributed by atoms with van der Waals surface area (Å²) >= 11 is 6.14. The predicted molar refractivity (Wildman–Crippen MR) is 105 cm³/mol. The van der Waals surface area contributed by atoms with Gasteiger partial charge in [0, 0.05) is 17.6 Å². The molecule has 2 aromatic carbocycles. The molecule has 138 valence electrons. The third-order valence-corrected chi connectivity index (χ3v) is 4.08. The number of halogens is 1. The van der Waals surface area contributed by atoms with E-state index in [1.54, 1.807) is 24.3 Å². The van der Waals surface area contributed by atoms with Gasteiger partial charge in [-0.3, -0.25) is 9.59 Å².